The molecule has 4 aromatic carbocycles. The van der Waals surface area contributed by atoms with E-state index in [1.807, 2.05) is 86.6 Å². The van der Waals surface area contributed by atoms with Crippen molar-refractivity contribution in [3.8, 4) is 24.7 Å². The van der Waals surface area contributed by atoms with Crippen LogP contribution in [0, 0.1) is 24.7 Å². The molecule has 104 heavy (non-hydrogen) atoms. The molecule has 10 N–H and O–H groups in total. The van der Waals surface area contributed by atoms with Crippen LogP contribution in [-0.4, -0.2) is 248 Å². The Balaban J connectivity index is 0.000000193. The fourth-order valence-corrected chi connectivity index (χ4v) is 13.2. The third-order valence-electron chi connectivity index (χ3n) is 16.5. The van der Waals surface area contributed by atoms with E-state index in [1.165, 1.54) is 9.81 Å². The van der Waals surface area contributed by atoms with Crippen molar-refractivity contribution in [1.82, 2.24) is 4.90 Å². The number of hydrogen-bond acceptors (Lipinski definition) is 28. The van der Waals surface area contributed by atoms with Gasteiger partial charge < -0.3 is 124 Å². The number of hydrogen-bond donors (Lipinski definition) is 9. The number of esters is 3. The van der Waals surface area contributed by atoms with Crippen molar-refractivity contribution < 1.29 is 161 Å². The standard InChI is InChI=1S/C14H10BrNO2.C13H18O5.C12H5BrO3.C12H20O6.C10H16O5.C6H10O6.C2H7N.N3.Na/c1-2-16-13(17)9-5-3-4-8-11(15)7-6-10(12(8)9)14(16)18;1-6-7-8-9(16-12(2,3)15-8)10-11(14-7)18-13(4,5)17-10;13-9-5-4-8-10-6(9)2-1-3-7(10)11(14)16-12(8)15;1-11(2)15-7-6(5-13)14-10-9(8(7)16-11)17-12(3,4)18-10;1-4-6-7(11)8(12)9(13)10(15-6)14-5(2)3;7-1-2(8)5-3(9)4(10)6(11)12-5;1-2-3;1-3-2;/h3-7H,2H2,1H3;1,7-11H,2-5H3;1-5H;6-10,13H,5H2,1-4H3;1,5-13H,2-3H3;2-5,7-10H,1H2;2-3H2,1H3;;/q;;;;;;;-1;+1/t;7?,8-,9+,10?,11+;;6?,7-,8+,9?,10+;6?,7-,8+,9?,10-;2?,3-,4?,5-;;;/m.1.111.../s1. The zero-order valence-corrected chi connectivity index (χ0v) is 64.4. The zero-order chi connectivity index (χ0) is 76.7. The Morgan fingerprint density at radius 1 is 0.596 bits per heavy atom. The number of ether oxygens (including phenoxy) is 14. The van der Waals surface area contributed by atoms with Gasteiger partial charge >= 0.3 is 47.5 Å². The molecule has 2 amide bonds. The van der Waals surface area contributed by atoms with E-state index in [9.17, 15) is 44.4 Å². The summed E-state index contributed by atoms with van der Waals surface area (Å²) in [5.41, 5.74) is 20.4. The summed E-state index contributed by atoms with van der Waals surface area (Å²) < 4.78 is 78.9. The van der Waals surface area contributed by atoms with Crippen LogP contribution in [0.5, 0.6) is 0 Å². The molecule has 10 aliphatic heterocycles. The second-order valence-corrected chi connectivity index (χ2v) is 27.9. The van der Waals surface area contributed by atoms with Crippen LogP contribution >= 0.6 is 31.9 Å². The molecule has 0 saturated carbocycles. The van der Waals surface area contributed by atoms with Gasteiger partial charge in [-0.15, -0.1) is 12.8 Å². The second kappa shape index (κ2) is 36.7. The van der Waals surface area contributed by atoms with E-state index in [-0.39, 0.29) is 90.7 Å². The Kier molecular flexibility index (Phi) is 30.9. The summed E-state index contributed by atoms with van der Waals surface area (Å²) in [7, 11) is 0. The molecule has 8 fully saturated rings. The summed E-state index contributed by atoms with van der Waals surface area (Å²) >= 11 is 6.85. The average molecular weight is 1600 g/mol. The molecule has 19 atom stereocenters. The van der Waals surface area contributed by atoms with E-state index < -0.39 is 128 Å². The number of benzene rings is 4. The number of carbonyl (C=O) groups excluding carboxylic acids is 5. The number of imide groups is 1. The number of aliphatic hydroxyl groups excluding tert-OH is 8. The average Bonchev–Trinajstić information content (AvgIpc) is 1.10. The van der Waals surface area contributed by atoms with Crippen molar-refractivity contribution in [1.29, 1.82) is 0 Å². The predicted molar refractivity (Wildman–Crippen MR) is 367 cm³/mol. The molecule has 564 valence electrons. The fraction of sp³-hybridized carbons (Fsp3) is 0.580. The first-order valence-electron chi connectivity index (χ1n) is 32.5. The molecule has 14 rings (SSSR count). The molecule has 0 aliphatic carbocycles. The fourth-order valence-electron chi connectivity index (χ4n) is 12.3. The molecule has 0 bridgehead atoms. The molecule has 10 aliphatic rings. The van der Waals surface area contributed by atoms with Crippen LogP contribution in [0.2, 0.25) is 0 Å². The number of amides is 2. The number of halogens is 2. The minimum Gasteiger partial charge on any atom is -0.455 e. The molecule has 35 heteroatoms. The Morgan fingerprint density at radius 3 is 1.48 bits per heavy atom. The number of cyclic esters (lactones) is 3. The largest absolute Gasteiger partial charge is 1.00 e. The van der Waals surface area contributed by atoms with Gasteiger partial charge in [-0.05, 0) is 130 Å². The van der Waals surface area contributed by atoms with E-state index in [0.717, 1.165) is 31.6 Å². The van der Waals surface area contributed by atoms with E-state index in [0.29, 0.717) is 34.2 Å². The van der Waals surface area contributed by atoms with Gasteiger partial charge in [-0.1, -0.05) is 74.9 Å². The Hall–Kier alpha value is -5.30. The third kappa shape index (κ3) is 19.9. The van der Waals surface area contributed by atoms with E-state index in [1.54, 1.807) is 57.2 Å². The Morgan fingerprint density at radius 2 is 1.02 bits per heavy atom. The monoisotopic (exact) mass is 1600 g/mol. The maximum Gasteiger partial charge on any atom is 1.00 e. The van der Waals surface area contributed by atoms with Crippen LogP contribution in [0.25, 0.3) is 37.5 Å². The second-order valence-electron chi connectivity index (χ2n) is 26.2. The van der Waals surface area contributed by atoms with Crippen LogP contribution in [0.4, 0.5) is 0 Å². The SMILES string of the molecule is C#CC1O[C@@H](OC(C)C)C(O)[C@@H](O)[C@@H]1O.C#CC1O[C@H]2OC(C)(C)OC2[C@H]2OC(C)(C)O[C@H]12.CC1(C)OC2[C@@H](OC(CO)[C@H]3OC(C)(C)O[C@H]23)O1.CCN.CCN1C(=O)c2cccc3c(Br)ccc(c23)C1=O.O=C1OC(=O)c2ccc(Br)c3cccc1c23.O=C1O[C@H](C(O)CO)[C@H](O)C1O.[N-]=[N+]=[N-].[Na+]. The van der Waals surface area contributed by atoms with Gasteiger partial charge in [0.25, 0.3) is 11.8 Å². The van der Waals surface area contributed by atoms with Gasteiger partial charge in [0.2, 0.25) is 0 Å². The topological polar surface area (TPSA) is 464 Å². The number of fused-ring (bicyclic) bond motifs is 6. The molecule has 0 aromatic heterocycles. The Labute approximate surface area is 638 Å². The van der Waals surface area contributed by atoms with Crippen molar-refractivity contribution >= 4 is 83.1 Å². The van der Waals surface area contributed by atoms with E-state index in [2.05, 4.69) is 53.2 Å². The molecule has 8 saturated heterocycles. The first kappa shape index (κ1) is 87.6. The first-order chi connectivity index (χ1) is 48.3. The van der Waals surface area contributed by atoms with Gasteiger partial charge in [0.15, 0.2) is 54.2 Å². The van der Waals surface area contributed by atoms with Crippen molar-refractivity contribution in [3.05, 3.63) is 108 Å². The quantitative estimate of drug-likeness (QED) is 0.0191. The van der Waals surface area contributed by atoms with Gasteiger partial charge in [0.1, 0.15) is 85.5 Å². The van der Waals surface area contributed by atoms with Gasteiger partial charge in [-0.2, -0.15) is 0 Å². The van der Waals surface area contributed by atoms with Crippen molar-refractivity contribution in [2.75, 3.05) is 26.3 Å². The molecule has 32 nitrogen and oxygen atoms in total. The number of nitrogens with zero attached hydrogens (tertiary/aromatic N) is 4. The summed E-state index contributed by atoms with van der Waals surface area (Å²) in [5, 5.41) is 76.4. The molecule has 10 heterocycles. The predicted octanol–water partition coefficient (Wildman–Crippen LogP) is 1.20. The van der Waals surface area contributed by atoms with Crippen molar-refractivity contribution in [3.63, 3.8) is 0 Å². The third-order valence-corrected chi connectivity index (χ3v) is 17.9. The first-order valence-corrected chi connectivity index (χ1v) is 34.1. The van der Waals surface area contributed by atoms with Crippen LogP contribution < -0.4 is 35.3 Å². The number of nitrogens with two attached hydrogens (primary N) is 1. The minimum atomic E-state index is -1.63. The van der Waals surface area contributed by atoms with Crippen molar-refractivity contribution in [2.24, 2.45) is 5.73 Å². The van der Waals surface area contributed by atoms with Gasteiger partial charge in [-0.3, -0.25) is 19.4 Å². The van der Waals surface area contributed by atoms with Crippen molar-refractivity contribution in [2.45, 2.75) is 229 Å². The summed E-state index contributed by atoms with van der Waals surface area (Å²) in [6.07, 6.45) is -4.96. The molecular formula is C69H86Br2N5NaO27. The molecule has 0 radical (unpaired) electrons. The zero-order valence-electron chi connectivity index (χ0n) is 59.3. The van der Waals surface area contributed by atoms with E-state index in [4.69, 9.17) is 107 Å². The van der Waals surface area contributed by atoms with Crippen LogP contribution in [-0.2, 0) is 71.1 Å². The smallest absolute Gasteiger partial charge is 0.455 e. The normalized spacial score (nSPS) is 32.1. The summed E-state index contributed by atoms with van der Waals surface area (Å²) in [4.78, 5) is 60.9. The summed E-state index contributed by atoms with van der Waals surface area (Å²) in [5.74, 6) is -0.577. The molecule has 0 spiro atoms. The van der Waals surface area contributed by atoms with Gasteiger partial charge in [-0.25, -0.2) is 14.4 Å². The summed E-state index contributed by atoms with van der Waals surface area (Å²) in [6, 6.07) is 17.9. The van der Waals surface area contributed by atoms with Gasteiger partial charge in [0.05, 0.1) is 30.4 Å². The van der Waals surface area contributed by atoms with Gasteiger partial charge in [0, 0.05) is 37.4 Å². The molecule has 8 unspecified atom stereocenters. The van der Waals surface area contributed by atoms with Crippen LogP contribution in [0.1, 0.15) is 125 Å². The number of carbonyl (C=O) groups is 5. The van der Waals surface area contributed by atoms with Crippen LogP contribution in [0.15, 0.2) is 69.6 Å². The molecular weight excluding hydrogens is 1510 g/mol. The maximum atomic E-state index is 12.2. The minimum absolute atomic E-state index is 0. The summed E-state index contributed by atoms with van der Waals surface area (Å²) in [6.45, 7) is 22.4. The number of aliphatic hydroxyl groups is 8. The Bertz CT molecular complexity index is 3790. The maximum absolute atomic E-state index is 12.2. The number of terminal acetylenes is 2. The number of rotatable bonds is 6. The van der Waals surface area contributed by atoms with E-state index >= 15 is 0 Å². The van der Waals surface area contributed by atoms with Crippen LogP contribution in [0.3, 0.4) is 0 Å². The molecule has 4 aromatic rings.